The number of hydrogen-bond donors (Lipinski definition) is 1. The molecule has 1 aromatic rings. The first-order valence-electron chi connectivity index (χ1n) is 6.38. The maximum atomic E-state index is 12.4. The van der Waals surface area contributed by atoms with Gasteiger partial charge in [-0.05, 0) is 31.0 Å². The Morgan fingerprint density at radius 1 is 1.53 bits per heavy atom. The molecule has 1 amide bonds. The molecule has 0 aromatic heterocycles. The number of nitrogens with one attached hydrogen (secondary N) is 1. The standard InChI is InChI=1S/C14H18N2O2S/c1-19-15-13-6-2-5-12(8-13)14(18)16-7-3-4-11(9-16)10-17/h2,5-6,8,10-11,15H,3-4,7,9H2,1H3. The SMILES string of the molecule is CSNc1cccc(C(=O)N2CCCC(C=O)C2)c1. The highest BCUT2D eigenvalue weighted by atomic mass is 32.2. The van der Waals surface area contributed by atoms with Gasteiger partial charge in [-0.2, -0.15) is 0 Å². The maximum Gasteiger partial charge on any atom is 0.253 e. The lowest BCUT2D eigenvalue weighted by atomic mass is 9.99. The summed E-state index contributed by atoms with van der Waals surface area (Å²) in [6, 6.07) is 7.46. The highest BCUT2D eigenvalue weighted by Gasteiger charge is 2.24. The Labute approximate surface area is 117 Å². The van der Waals surface area contributed by atoms with E-state index in [1.165, 1.54) is 11.9 Å². The van der Waals surface area contributed by atoms with Crippen molar-refractivity contribution >= 4 is 29.8 Å². The van der Waals surface area contributed by atoms with Gasteiger partial charge in [-0.15, -0.1) is 0 Å². The summed E-state index contributed by atoms with van der Waals surface area (Å²) >= 11 is 1.49. The van der Waals surface area contributed by atoms with Gasteiger partial charge in [0, 0.05) is 36.5 Å². The first-order valence-corrected chi connectivity index (χ1v) is 7.60. The number of benzene rings is 1. The molecule has 102 valence electrons. The minimum atomic E-state index is -0.00907. The van der Waals surface area contributed by atoms with Gasteiger partial charge in [-0.1, -0.05) is 18.0 Å². The average molecular weight is 278 g/mol. The van der Waals surface area contributed by atoms with Crippen LogP contribution in [0.25, 0.3) is 0 Å². The fourth-order valence-corrected chi connectivity index (χ4v) is 2.68. The second-order valence-corrected chi connectivity index (χ2v) is 5.29. The summed E-state index contributed by atoms with van der Waals surface area (Å²) in [5.74, 6) is 0.00140. The van der Waals surface area contributed by atoms with Crippen LogP contribution in [0.15, 0.2) is 24.3 Å². The van der Waals surface area contributed by atoms with Crippen LogP contribution in [0.1, 0.15) is 23.2 Å². The van der Waals surface area contributed by atoms with Gasteiger partial charge in [0.2, 0.25) is 0 Å². The molecule has 1 N–H and O–H groups in total. The number of aldehydes is 1. The molecular weight excluding hydrogens is 260 g/mol. The van der Waals surface area contributed by atoms with Gasteiger partial charge in [0.05, 0.1) is 0 Å². The minimum Gasteiger partial charge on any atom is -0.338 e. The molecule has 1 fully saturated rings. The Bertz CT molecular complexity index is 465. The Balaban J connectivity index is 2.10. The zero-order valence-electron chi connectivity index (χ0n) is 11.0. The number of amides is 1. The minimum absolute atomic E-state index is 0.00907. The molecule has 0 spiro atoms. The molecule has 19 heavy (non-hydrogen) atoms. The molecule has 1 aliphatic heterocycles. The first-order chi connectivity index (χ1) is 9.24. The van der Waals surface area contributed by atoms with Crippen molar-refractivity contribution < 1.29 is 9.59 Å². The molecule has 0 aliphatic carbocycles. The molecule has 1 aliphatic rings. The van der Waals surface area contributed by atoms with Crippen LogP contribution in [0.5, 0.6) is 0 Å². The summed E-state index contributed by atoms with van der Waals surface area (Å²) in [6.45, 7) is 1.28. The van der Waals surface area contributed by atoms with E-state index >= 15 is 0 Å². The number of nitrogens with zero attached hydrogens (tertiary/aromatic N) is 1. The Hall–Kier alpha value is -1.49. The second kappa shape index (κ2) is 6.61. The van der Waals surface area contributed by atoms with Crippen LogP contribution in [0.3, 0.4) is 0 Å². The van der Waals surface area contributed by atoms with Gasteiger partial charge in [-0.3, -0.25) is 4.79 Å². The van der Waals surface area contributed by atoms with Crippen LogP contribution in [0.4, 0.5) is 5.69 Å². The lowest BCUT2D eigenvalue weighted by Crippen LogP contribution is -2.40. The number of likely N-dealkylation sites (tertiary alicyclic amines) is 1. The number of carbonyl (C=O) groups is 2. The van der Waals surface area contributed by atoms with Crippen molar-refractivity contribution in [2.45, 2.75) is 12.8 Å². The van der Waals surface area contributed by atoms with Crippen molar-refractivity contribution in [2.75, 3.05) is 24.1 Å². The molecule has 0 bridgehead atoms. The summed E-state index contributed by atoms with van der Waals surface area (Å²) in [4.78, 5) is 25.0. The summed E-state index contributed by atoms with van der Waals surface area (Å²) in [6.07, 6.45) is 4.69. The molecule has 5 heteroatoms. The second-order valence-electron chi connectivity index (χ2n) is 4.68. The normalized spacial score (nSPS) is 19.0. The van der Waals surface area contributed by atoms with Crippen LogP contribution in [0, 0.1) is 5.92 Å². The zero-order chi connectivity index (χ0) is 13.7. The largest absolute Gasteiger partial charge is 0.338 e. The monoisotopic (exact) mass is 278 g/mol. The third-order valence-electron chi connectivity index (χ3n) is 3.27. The number of hydrogen-bond acceptors (Lipinski definition) is 4. The van der Waals surface area contributed by atoms with Crippen molar-refractivity contribution in [1.82, 2.24) is 4.90 Å². The van der Waals surface area contributed by atoms with E-state index in [0.29, 0.717) is 12.1 Å². The molecule has 1 heterocycles. The van der Waals surface area contributed by atoms with Crippen molar-refractivity contribution in [3.05, 3.63) is 29.8 Å². The van der Waals surface area contributed by atoms with Crippen LogP contribution < -0.4 is 4.72 Å². The van der Waals surface area contributed by atoms with Gasteiger partial charge >= 0.3 is 0 Å². The lowest BCUT2D eigenvalue weighted by Gasteiger charge is -2.30. The molecule has 1 atom stereocenters. The fraction of sp³-hybridized carbons (Fsp3) is 0.429. The van der Waals surface area contributed by atoms with E-state index in [4.69, 9.17) is 0 Å². The number of piperidine rings is 1. The quantitative estimate of drug-likeness (QED) is 0.679. The third-order valence-corrected chi connectivity index (χ3v) is 3.71. The van der Waals surface area contributed by atoms with Gasteiger partial charge in [0.15, 0.2) is 0 Å². The predicted octanol–water partition coefficient (Wildman–Crippen LogP) is 2.43. The molecule has 0 saturated carbocycles. The van der Waals surface area contributed by atoms with Crippen LogP contribution >= 0.6 is 11.9 Å². The zero-order valence-corrected chi connectivity index (χ0v) is 11.8. The van der Waals surface area contributed by atoms with Crippen LogP contribution in [0.2, 0.25) is 0 Å². The summed E-state index contributed by atoms with van der Waals surface area (Å²) < 4.78 is 3.12. The number of carbonyl (C=O) groups excluding carboxylic acids is 2. The summed E-state index contributed by atoms with van der Waals surface area (Å²) in [5.41, 5.74) is 1.59. The Kier molecular flexibility index (Phi) is 4.85. The van der Waals surface area contributed by atoms with E-state index in [0.717, 1.165) is 31.4 Å². The van der Waals surface area contributed by atoms with Crippen LogP contribution in [-0.4, -0.2) is 36.4 Å². The topological polar surface area (TPSA) is 49.4 Å². The molecule has 2 rings (SSSR count). The van der Waals surface area contributed by atoms with E-state index in [2.05, 4.69) is 4.72 Å². The molecule has 1 saturated heterocycles. The van der Waals surface area contributed by atoms with Gasteiger partial charge in [0.1, 0.15) is 6.29 Å². The van der Waals surface area contributed by atoms with E-state index in [1.54, 1.807) is 4.90 Å². The molecule has 4 nitrogen and oxygen atoms in total. The van der Waals surface area contributed by atoms with Gasteiger partial charge in [-0.25, -0.2) is 0 Å². The van der Waals surface area contributed by atoms with E-state index < -0.39 is 0 Å². The van der Waals surface area contributed by atoms with Gasteiger partial charge < -0.3 is 14.4 Å². The Morgan fingerprint density at radius 3 is 3.11 bits per heavy atom. The summed E-state index contributed by atoms with van der Waals surface area (Å²) in [7, 11) is 0. The van der Waals surface area contributed by atoms with Crippen molar-refractivity contribution in [1.29, 1.82) is 0 Å². The van der Waals surface area contributed by atoms with Crippen molar-refractivity contribution in [2.24, 2.45) is 5.92 Å². The number of rotatable bonds is 4. The molecular formula is C14H18N2O2S. The van der Waals surface area contributed by atoms with Crippen molar-refractivity contribution in [3.63, 3.8) is 0 Å². The maximum absolute atomic E-state index is 12.4. The van der Waals surface area contributed by atoms with Crippen molar-refractivity contribution in [3.8, 4) is 0 Å². The van der Waals surface area contributed by atoms with E-state index in [-0.39, 0.29) is 11.8 Å². The highest BCUT2D eigenvalue weighted by molar-refractivity contribution is 7.99. The average Bonchev–Trinajstić information content (AvgIpc) is 2.47. The summed E-state index contributed by atoms with van der Waals surface area (Å²) in [5, 5.41) is 0. The highest BCUT2D eigenvalue weighted by Crippen LogP contribution is 2.19. The first kappa shape index (κ1) is 13.9. The van der Waals surface area contributed by atoms with Gasteiger partial charge in [0.25, 0.3) is 5.91 Å². The lowest BCUT2D eigenvalue weighted by molar-refractivity contribution is -0.112. The predicted molar refractivity (Wildman–Crippen MR) is 78.3 cm³/mol. The van der Waals surface area contributed by atoms with E-state index in [9.17, 15) is 9.59 Å². The van der Waals surface area contributed by atoms with E-state index in [1.807, 2.05) is 30.5 Å². The fourth-order valence-electron chi connectivity index (χ4n) is 2.32. The molecule has 1 unspecified atom stereocenters. The third kappa shape index (κ3) is 3.50. The smallest absolute Gasteiger partial charge is 0.253 e. The molecule has 0 radical (unpaired) electrons. The molecule has 1 aromatic carbocycles. The van der Waals surface area contributed by atoms with Crippen LogP contribution in [-0.2, 0) is 4.79 Å². The number of anilines is 1. The Morgan fingerprint density at radius 2 is 2.37 bits per heavy atom.